The van der Waals surface area contributed by atoms with Crippen LogP contribution in [0.25, 0.3) is 5.32 Å². The van der Waals surface area contributed by atoms with E-state index in [0.29, 0.717) is 16.9 Å². The topological polar surface area (TPSA) is 65.3 Å². The van der Waals surface area contributed by atoms with Gasteiger partial charge in [0.05, 0.1) is 11.8 Å². The van der Waals surface area contributed by atoms with E-state index in [-0.39, 0.29) is 21.1 Å². The molecule has 2 amide bonds. The average Bonchev–Trinajstić information content (AvgIpc) is 3.55. The largest absolute Gasteiger partial charge is 2.00 e. The first-order valence-electron chi connectivity index (χ1n) is 18.3. The average molecular weight is 1000 g/mol. The van der Waals surface area contributed by atoms with E-state index in [0.717, 1.165) is 12.8 Å². The van der Waals surface area contributed by atoms with Crippen molar-refractivity contribution in [3.8, 4) is 0 Å². The van der Waals surface area contributed by atoms with Crippen LogP contribution in [-0.4, -0.2) is 21.8 Å². The molecule has 1 aliphatic rings. The number of hydrogen-bond acceptors (Lipinski definition) is 4. The molecule has 4 nitrogen and oxygen atoms in total. The van der Waals surface area contributed by atoms with Crippen molar-refractivity contribution in [1.82, 2.24) is 0 Å². The molecule has 9 heteroatoms. The molecule has 0 aromatic heterocycles. The number of nitrogens with zero attached hydrogens (tertiary/aromatic N) is 1. The Bertz CT molecular complexity index is 1900. The van der Waals surface area contributed by atoms with Crippen molar-refractivity contribution in [3.63, 3.8) is 0 Å². The molecule has 7 aromatic rings. The van der Waals surface area contributed by atoms with Crippen molar-refractivity contribution in [2.24, 2.45) is 0 Å². The SMILES string of the molecule is CCCCS(=O)[S-].O=C1[N-]C(=O)c2ccccc21.[Pt+2].c1ccc(P(c2ccccc2)c2ccccc2)cc1.c1ccc(P(c2ccccc2)c2ccccc2)cc1. The van der Waals surface area contributed by atoms with Gasteiger partial charge >= 0.3 is 21.1 Å². The number of imide groups is 1. The van der Waals surface area contributed by atoms with E-state index in [1.807, 2.05) is 0 Å². The molecule has 0 saturated heterocycles. The molecule has 0 aliphatic carbocycles. The zero-order valence-electron chi connectivity index (χ0n) is 31.5. The third-order valence-corrected chi connectivity index (χ3v) is 14.4. The predicted octanol–water partition coefficient (Wildman–Crippen LogP) is 9.24. The summed E-state index contributed by atoms with van der Waals surface area (Å²) in [6.07, 6.45) is 2.08. The van der Waals surface area contributed by atoms with Crippen molar-refractivity contribution in [2.75, 3.05) is 5.75 Å². The minimum absolute atomic E-state index is 0. The van der Waals surface area contributed by atoms with Gasteiger partial charge < -0.3 is 26.6 Å². The summed E-state index contributed by atoms with van der Waals surface area (Å²) in [5.41, 5.74) is 0.829. The summed E-state index contributed by atoms with van der Waals surface area (Å²) in [6, 6.07) is 71.3. The van der Waals surface area contributed by atoms with Gasteiger partial charge in [0, 0.05) is 11.1 Å². The summed E-state index contributed by atoms with van der Waals surface area (Å²) >= 11 is 4.42. The summed E-state index contributed by atoms with van der Waals surface area (Å²) in [7, 11) is -1.87. The molecule has 0 spiro atoms. The predicted molar refractivity (Wildman–Crippen MR) is 244 cm³/mol. The fourth-order valence-corrected chi connectivity index (χ4v) is 11.2. The Morgan fingerprint density at radius 2 is 0.667 bits per heavy atom. The van der Waals surface area contributed by atoms with Crippen molar-refractivity contribution < 1.29 is 34.9 Å². The summed E-state index contributed by atoms with van der Waals surface area (Å²) < 4.78 is 10.1. The maximum Gasteiger partial charge on any atom is 2.00 e. The molecule has 1 unspecified atom stereocenters. The normalized spacial score (nSPS) is 11.6. The molecule has 0 N–H and O–H groups in total. The Balaban J connectivity index is 0.000000178. The molecule has 57 heavy (non-hydrogen) atoms. The zero-order valence-corrected chi connectivity index (χ0v) is 37.1. The molecular weight excluding hydrogens is 960 g/mol. The summed E-state index contributed by atoms with van der Waals surface area (Å²) in [5.74, 6) is -0.164. The number of benzene rings is 7. The molecule has 1 atom stereocenters. The number of fused-ring (bicyclic) bond motifs is 1. The molecule has 290 valence electrons. The molecular formula is C48H43NO3P2PtS2. The standard InChI is InChI=1S/2C18H15P.C8H5NO2.C4H10OS2.Pt/c2*1-4-10-16(11-5-1)19(17-12-6-2-7-13-17)18-14-8-3-9-15-18;10-7-5-3-1-2-4-6(5)8(11)9-7;1-2-3-4-7(5)6;/h2*1-15H;1-4H,(H,9,10,11);2-4H2,1H3,(H,5,6);/q;;;;+2/p-2. The first-order chi connectivity index (χ1) is 27.5. The van der Waals surface area contributed by atoms with Crippen LogP contribution in [0.15, 0.2) is 206 Å². The van der Waals surface area contributed by atoms with E-state index in [1.54, 1.807) is 24.3 Å². The quantitative estimate of drug-likeness (QED) is 0.0627. The Morgan fingerprint density at radius 3 is 0.860 bits per heavy atom. The van der Waals surface area contributed by atoms with Gasteiger partial charge in [0.25, 0.3) is 0 Å². The van der Waals surface area contributed by atoms with Gasteiger partial charge in [-0.1, -0.05) is 220 Å². The molecule has 0 saturated carbocycles. The summed E-state index contributed by atoms with van der Waals surface area (Å²) in [6.45, 7) is 2.06. The van der Waals surface area contributed by atoms with Crippen LogP contribution in [0, 0.1) is 0 Å². The van der Waals surface area contributed by atoms with Gasteiger partial charge in [0.2, 0.25) is 0 Å². The molecule has 7 aromatic carbocycles. The van der Waals surface area contributed by atoms with Crippen LogP contribution in [0.5, 0.6) is 0 Å². The van der Waals surface area contributed by atoms with Crippen molar-refractivity contribution in [2.45, 2.75) is 19.8 Å². The van der Waals surface area contributed by atoms with Crippen LogP contribution in [0.4, 0.5) is 0 Å². The fourth-order valence-electron chi connectivity index (χ4n) is 5.69. The van der Waals surface area contributed by atoms with Crippen LogP contribution in [0.3, 0.4) is 0 Å². The van der Waals surface area contributed by atoms with Gasteiger partial charge in [-0.25, -0.2) is 0 Å². The minimum Gasteiger partial charge on any atom is -0.683 e. The molecule has 0 radical (unpaired) electrons. The van der Waals surface area contributed by atoms with Gasteiger partial charge in [-0.05, 0) is 59.8 Å². The first kappa shape index (κ1) is 45.4. The summed E-state index contributed by atoms with van der Waals surface area (Å²) in [5, 5.41) is 11.7. The van der Waals surface area contributed by atoms with E-state index < -0.39 is 37.5 Å². The van der Waals surface area contributed by atoms with E-state index in [4.69, 9.17) is 0 Å². The molecule has 8 rings (SSSR count). The molecule has 1 aliphatic heterocycles. The zero-order chi connectivity index (χ0) is 39.4. The first-order valence-corrected chi connectivity index (χ1v) is 23.2. The van der Waals surface area contributed by atoms with Crippen LogP contribution in [0.1, 0.15) is 40.5 Å². The van der Waals surface area contributed by atoms with Crippen LogP contribution < -0.4 is 31.8 Å². The molecule has 0 fully saturated rings. The second kappa shape index (κ2) is 25.2. The molecule has 1 heterocycles. The number of amides is 2. The maximum absolute atomic E-state index is 10.9. The van der Waals surface area contributed by atoms with Gasteiger partial charge in [-0.3, -0.25) is 4.21 Å². The smallest absolute Gasteiger partial charge is 0.683 e. The van der Waals surface area contributed by atoms with Crippen molar-refractivity contribution in [1.29, 1.82) is 0 Å². The maximum atomic E-state index is 10.9. The van der Waals surface area contributed by atoms with E-state index in [1.165, 1.54) is 31.8 Å². The van der Waals surface area contributed by atoms with Gasteiger partial charge in [-0.2, -0.15) is 0 Å². The number of rotatable bonds is 9. The third kappa shape index (κ3) is 14.3. The molecule has 0 bridgehead atoms. The Morgan fingerprint density at radius 1 is 0.439 bits per heavy atom. The number of unbranched alkanes of at least 4 members (excludes halogenated alkanes) is 1. The van der Waals surface area contributed by atoms with E-state index in [2.05, 4.69) is 206 Å². The Kier molecular flexibility index (Phi) is 20.1. The van der Waals surface area contributed by atoms with Crippen LogP contribution in [0.2, 0.25) is 0 Å². The Hall–Kier alpha value is -4.27. The second-order valence-electron chi connectivity index (χ2n) is 12.3. The van der Waals surface area contributed by atoms with Gasteiger partial charge in [0.15, 0.2) is 0 Å². The Labute approximate surface area is 361 Å². The number of hydrogen-bond donors (Lipinski definition) is 0. The minimum atomic E-state index is -0.982. The second-order valence-corrected chi connectivity index (χ2v) is 18.9. The van der Waals surface area contributed by atoms with E-state index >= 15 is 0 Å². The van der Waals surface area contributed by atoms with E-state index in [9.17, 15) is 13.8 Å². The van der Waals surface area contributed by atoms with Crippen LogP contribution >= 0.6 is 15.8 Å². The van der Waals surface area contributed by atoms with Crippen molar-refractivity contribution >= 4 is 81.0 Å². The fraction of sp³-hybridized carbons (Fsp3) is 0.0833. The van der Waals surface area contributed by atoms with Gasteiger partial charge in [0.1, 0.15) is 0 Å². The summed E-state index contributed by atoms with van der Waals surface area (Å²) in [4.78, 5) is 21.8. The third-order valence-electron chi connectivity index (χ3n) is 8.34. The monoisotopic (exact) mass is 1000 g/mol. The van der Waals surface area contributed by atoms with Crippen molar-refractivity contribution in [3.05, 3.63) is 223 Å². The van der Waals surface area contributed by atoms with Crippen LogP contribution in [-0.2, 0) is 42.6 Å². The number of carbonyl (C=O) groups is 2. The van der Waals surface area contributed by atoms with Gasteiger partial charge in [-0.15, -0.1) is 9.83 Å². The number of carbonyl (C=O) groups excluding carboxylic acids is 2.